The van der Waals surface area contributed by atoms with E-state index >= 15 is 0 Å². The number of nitrogens with zero attached hydrogens (tertiary/aromatic N) is 2. The van der Waals surface area contributed by atoms with Crippen molar-refractivity contribution >= 4 is 39.8 Å². The number of aryl methyl sites for hydroxylation is 1. The lowest BCUT2D eigenvalue weighted by molar-refractivity contribution is -0.115. The zero-order chi connectivity index (χ0) is 19.4. The summed E-state index contributed by atoms with van der Waals surface area (Å²) in [5.41, 5.74) is 2.69. The molecular formula is C20H18F2N2OS2. The Kier molecular flexibility index (Phi) is 6.23. The van der Waals surface area contributed by atoms with Crippen molar-refractivity contribution in [2.75, 3.05) is 4.90 Å². The Morgan fingerprint density at radius 2 is 1.96 bits per heavy atom. The van der Waals surface area contributed by atoms with Gasteiger partial charge in [0.2, 0.25) is 5.91 Å². The number of hydrogen-bond donors (Lipinski definition) is 0. The molecule has 1 amide bonds. The molecule has 0 fully saturated rings. The third-order valence-corrected chi connectivity index (χ3v) is 5.84. The molecule has 0 unspecified atom stereocenters. The van der Waals surface area contributed by atoms with Crippen LogP contribution in [-0.4, -0.2) is 10.9 Å². The highest BCUT2D eigenvalue weighted by Crippen LogP contribution is 2.33. The number of hydrogen-bond acceptors (Lipinski definition) is 4. The normalized spacial score (nSPS) is 10.8. The van der Waals surface area contributed by atoms with Crippen LogP contribution in [-0.2, 0) is 17.0 Å². The summed E-state index contributed by atoms with van der Waals surface area (Å²) in [4.78, 5) is 19.1. The Hall–Kier alpha value is -2.25. The number of halogens is 2. The second kappa shape index (κ2) is 8.63. The van der Waals surface area contributed by atoms with Crippen LogP contribution in [0.25, 0.3) is 0 Å². The zero-order valence-electron chi connectivity index (χ0n) is 14.9. The smallest absolute Gasteiger partial charge is 0.230 e. The second-order valence-corrected chi connectivity index (χ2v) is 7.71. The highest BCUT2D eigenvalue weighted by atomic mass is 32.2. The van der Waals surface area contributed by atoms with Gasteiger partial charge in [-0.05, 0) is 36.2 Å². The third kappa shape index (κ3) is 4.54. The van der Waals surface area contributed by atoms with Gasteiger partial charge < -0.3 is 0 Å². The largest absolute Gasteiger partial charge is 0.274 e. The van der Waals surface area contributed by atoms with Crippen molar-refractivity contribution in [3.05, 3.63) is 70.7 Å². The van der Waals surface area contributed by atoms with E-state index in [-0.39, 0.29) is 5.91 Å². The molecule has 0 aliphatic carbocycles. The van der Waals surface area contributed by atoms with Gasteiger partial charge in [0.15, 0.2) is 16.8 Å². The van der Waals surface area contributed by atoms with E-state index in [2.05, 4.69) is 4.98 Å². The summed E-state index contributed by atoms with van der Waals surface area (Å²) in [6.07, 6.45) is 0.810. The Morgan fingerprint density at radius 3 is 2.67 bits per heavy atom. The molecule has 1 aromatic heterocycles. The number of thiazole rings is 1. The lowest BCUT2D eigenvalue weighted by Crippen LogP contribution is -2.23. The number of aromatic nitrogens is 1. The van der Waals surface area contributed by atoms with Crippen LogP contribution in [0.5, 0.6) is 0 Å². The number of carbonyl (C=O) groups excluding carboxylic acids is 1. The molecule has 140 valence electrons. The number of para-hydroxylation sites is 1. The van der Waals surface area contributed by atoms with Crippen LogP contribution in [0.2, 0.25) is 0 Å². The molecule has 1 heterocycles. The van der Waals surface area contributed by atoms with Crippen LogP contribution >= 0.6 is 23.1 Å². The Bertz CT molecular complexity index is 959. The van der Waals surface area contributed by atoms with Crippen LogP contribution < -0.4 is 4.90 Å². The predicted octanol–water partition coefficient (Wildman–Crippen LogP) is 5.96. The van der Waals surface area contributed by atoms with E-state index < -0.39 is 11.6 Å². The number of rotatable bonds is 6. The SMILES string of the molecule is CCc1ccccc1N(C(C)=O)c1nc(CSc2ccc(F)c(F)c2)cs1. The maximum Gasteiger partial charge on any atom is 0.230 e. The van der Waals surface area contributed by atoms with E-state index in [1.165, 1.54) is 42.2 Å². The molecule has 3 rings (SSSR count). The van der Waals surface area contributed by atoms with Crippen molar-refractivity contribution in [1.29, 1.82) is 0 Å². The molecule has 0 radical (unpaired) electrons. The van der Waals surface area contributed by atoms with Crippen molar-refractivity contribution in [3.8, 4) is 0 Å². The van der Waals surface area contributed by atoms with Gasteiger partial charge in [-0.2, -0.15) is 0 Å². The Morgan fingerprint density at radius 1 is 1.19 bits per heavy atom. The first kappa shape index (κ1) is 19.5. The van der Waals surface area contributed by atoms with Crippen molar-refractivity contribution in [2.45, 2.75) is 30.9 Å². The minimum Gasteiger partial charge on any atom is -0.274 e. The quantitative estimate of drug-likeness (QED) is 0.475. The molecule has 0 atom stereocenters. The average Bonchev–Trinajstić information content (AvgIpc) is 3.11. The van der Waals surface area contributed by atoms with Crippen molar-refractivity contribution in [3.63, 3.8) is 0 Å². The highest BCUT2D eigenvalue weighted by Gasteiger charge is 2.20. The first-order chi connectivity index (χ1) is 13.0. The van der Waals surface area contributed by atoms with Gasteiger partial charge in [0, 0.05) is 23.0 Å². The molecule has 3 aromatic rings. The molecule has 27 heavy (non-hydrogen) atoms. The van der Waals surface area contributed by atoms with Gasteiger partial charge in [0.25, 0.3) is 0 Å². The summed E-state index contributed by atoms with van der Waals surface area (Å²) in [5.74, 6) is -1.33. The maximum absolute atomic E-state index is 13.3. The van der Waals surface area contributed by atoms with Gasteiger partial charge in [-0.15, -0.1) is 23.1 Å². The molecule has 0 N–H and O–H groups in total. The van der Waals surface area contributed by atoms with E-state index in [1.807, 2.05) is 36.6 Å². The van der Waals surface area contributed by atoms with Crippen LogP contribution in [0.4, 0.5) is 19.6 Å². The number of carbonyl (C=O) groups is 1. The Labute approximate surface area is 165 Å². The molecular weight excluding hydrogens is 386 g/mol. The van der Waals surface area contributed by atoms with Gasteiger partial charge in [0.05, 0.1) is 11.4 Å². The van der Waals surface area contributed by atoms with Gasteiger partial charge in [0.1, 0.15) is 0 Å². The fourth-order valence-electron chi connectivity index (χ4n) is 2.62. The highest BCUT2D eigenvalue weighted by molar-refractivity contribution is 7.98. The average molecular weight is 405 g/mol. The number of thioether (sulfide) groups is 1. The topological polar surface area (TPSA) is 33.2 Å². The maximum atomic E-state index is 13.3. The summed E-state index contributed by atoms with van der Waals surface area (Å²) in [6.45, 7) is 3.56. The Balaban J connectivity index is 1.80. The molecule has 3 nitrogen and oxygen atoms in total. The molecule has 0 spiro atoms. The van der Waals surface area contributed by atoms with E-state index in [0.717, 1.165) is 29.4 Å². The standard InChI is InChI=1S/C20H18F2N2OS2/c1-3-14-6-4-5-7-19(14)24(13(2)25)20-23-15(12-27-20)11-26-16-8-9-17(21)18(22)10-16/h4-10,12H,3,11H2,1-2H3. The molecule has 0 saturated carbocycles. The second-order valence-electron chi connectivity index (χ2n) is 5.82. The van der Waals surface area contributed by atoms with E-state index in [4.69, 9.17) is 0 Å². The first-order valence-corrected chi connectivity index (χ1v) is 10.3. The number of anilines is 2. The van der Waals surface area contributed by atoms with E-state index in [9.17, 15) is 13.6 Å². The van der Waals surface area contributed by atoms with Crippen LogP contribution in [0, 0.1) is 11.6 Å². The lowest BCUT2D eigenvalue weighted by atomic mass is 10.1. The van der Waals surface area contributed by atoms with Gasteiger partial charge in [-0.1, -0.05) is 25.1 Å². The zero-order valence-corrected chi connectivity index (χ0v) is 16.5. The molecule has 0 saturated heterocycles. The van der Waals surface area contributed by atoms with Crippen molar-refractivity contribution < 1.29 is 13.6 Å². The van der Waals surface area contributed by atoms with Crippen LogP contribution in [0.3, 0.4) is 0 Å². The van der Waals surface area contributed by atoms with Crippen molar-refractivity contribution in [1.82, 2.24) is 4.98 Å². The summed E-state index contributed by atoms with van der Waals surface area (Å²) in [5, 5.41) is 2.48. The summed E-state index contributed by atoms with van der Waals surface area (Å²) < 4.78 is 26.3. The summed E-state index contributed by atoms with van der Waals surface area (Å²) in [6, 6.07) is 11.6. The fraction of sp³-hybridized carbons (Fsp3) is 0.200. The summed E-state index contributed by atoms with van der Waals surface area (Å²) >= 11 is 2.75. The molecule has 0 bridgehead atoms. The van der Waals surface area contributed by atoms with Gasteiger partial charge in [-0.25, -0.2) is 13.8 Å². The third-order valence-electron chi connectivity index (χ3n) is 3.94. The van der Waals surface area contributed by atoms with E-state index in [0.29, 0.717) is 15.8 Å². The lowest BCUT2D eigenvalue weighted by Gasteiger charge is -2.20. The number of amides is 1. The minimum atomic E-state index is -0.863. The van der Waals surface area contributed by atoms with Crippen LogP contribution in [0.1, 0.15) is 25.1 Å². The summed E-state index contributed by atoms with van der Waals surface area (Å²) in [7, 11) is 0. The van der Waals surface area contributed by atoms with Crippen molar-refractivity contribution in [2.24, 2.45) is 0 Å². The van der Waals surface area contributed by atoms with Crippen LogP contribution in [0.15, 0.2) is 52.7 Å². The molecule has 7 heteroatoms. The molecule has 0 aliphatic rings. The predicted molar refractivity (Wildman–Crippen MR) is 107 cm³/mol. The molecule has 2 aromatic carbocycles. The monoisotopic (exact) mass is 404 g/mol. The minimum absolute atomic E-state index is 0.106. The molecule has 0 aliphatic heterocycles. The number of benzene rings is 2. The fourth-order valence-corrected chi connectivity index (χ4v) is 4.42. The van der Waals surface area contributed by atoms with Gasteiger partial charge >= 0.3 is 0 Å². The van der Waals surface area contributed by atoms with Gasteiger partial charge in [-0.3, -0.25) is 9.69 Å². The first-order valence-electron chi connectivity index (χ1n) is 8.40. The van der Waals surface area contributed by atoms with E-state index in [1.54, 1.807) is 4.90 Å².